The molecule has 6 aliphatic rings. The molecule has 0 N–H and O–H groups in total. The molecule has 0 spiro atoms. The summed E-state index contributed by atoms with van der Waals surface area (Å²) in [6, 6.07) is 120. The zero-order chi connectivity index (χ0) is 69.0. The summed E-state index contributed by atoms with van der Waals surface area (Å²) in [4.78, 5) is 26.5. The molecule has 25 rings (SSSR count). The molecule has 4 heterocycles. The van der Waals surface area contributed by atoms with Crippen LogP contribution >= 0.6 is 22.7 Å². The summed E-state index contributed by atoms with van der Waals surface area (Å²) in [7, 11) is 0. The maximum absolute atomic E-state index is 6.24. The lowest BCUT2D eigenvalue weighted by atomic mass is 9.47. The monoisotopic (exact) mass is 1370 g/mol. The van der Waals surface area contributed by atoms with Crippen LogP contribution in [0.15, 0.2) is 322 Å². The van der Waals surface area contributed by atoms with E-state index in [1.165, 1.54) is 147 Å². The molecule has 0 amide bonds. The summed E-state index contributed by atoms with van der Waals surface area (Å²) in [5.74, 6) is 1.61. The van der Waals surface area contributed by atoms with Crippen LogP contribution in [0.2, 0.25) is 0 Å². The van der Waals surface area contributed by atoms with E-state index in [4.69, 9.17) is 19.9 Å². The summed E-state index contributed by atoms with van der Waals surface area (Å²) in [5.41, 5.74) is 25.4. The van der Waals surface area contributed by atoms with Crippen LogP contribution in [0.3, 0.4) is 0 Å². The second-order valence-corrected chi connectivity index (χ2v) is 31.5. The Morgan fingerprint density at radius 3 is 1.50 bits per heavy atom. The lowest BCUT2D eigenvalue weighted by Crippen LogP contribution is -2.51. The van der Waals surface area contributed by atoms with Crippen molar-refractivity contribution in [1.29, 1.82) is 0 Å². The van der Waals surface area contributed by atoms with Crippen LogP contribution in [0, 0.1) is 6.92 Å². The highest BCUT2D eigenvalue weighted by molar-refractivity contribution is 7.26. The number of hydrogen-bond acceptors (Lipinski definition) is 6. The van der Waals surface area contributed by atoms with Crippen molar-refractivity contribution in [3.63, 3.8) is 0 Å². The van der Waals surface area contributed by atoms with Gasteiger partial charge in [-0.15, -0.1) is 22.7 Å². The van der Waals surface area contributed by atoms with Gasteiger partial charge in [-0.1, -0.05) is 309 Å². The number of fused-ring (bicyclic) bond motifs is 13. The van der Waals surface area contributed by atoms with E-state index in [0.29, 0.717) is 6.42 Å². The zero-order valence-electron chi connectivity index (χ0n) is 57.5. The van der Waals surface area contributed by atoms with Crippen molar-refractivity contribution in [3.05, 3.63) is 417 Å². The number of rotatable bonds is 8. The number of nitrogens with zero attached hydrogens (tertiary/aromatic N) is 4. The fraction of sp³-hybridized carbons (Fsp3) is 0.0707. The third kappa shape index (κ3) is 7.94. The largest absolute Gasteiger partial charge is 0.230 e. The minimum atomic E-state index is -0.915. The van der Waals surface area contributed by atoms with E-state index in [9.17, 15) is 0 Å². The van der Waals surface area contributed by atoms with Gasteiger partial charge in [-0.2, -0.15) is 0 Å². The van der Waals surface area contributed by atoms with E-state index in [1.807, 2.05) is 11.3 Å². The van der Waals surface area contributed by atoms with Gasteiger partial charge < -0.3 is 0 Å². The fourth-order valence-electron chi connectivity index (χ4n) is 19.8. The first-order chi connectivity index (χ1) is 51.8. The van der Waals surface area contributed by atoms with E-state index in [2.05, 4.69) is 335 Å². The standard InChI is InChI=1S/C99H62N4S2/c1-57-52-74-82(98(75-38-17-15-36-72(75)85(74)73-37-16-18-39-76(73)98)95-100-90(63-27-7-4-8-28-63)89-87-70-34-13-11-32-68(70)69-33-12-14-35-71(69)92(87)105-94(89)103-95)56-66(57)53-58-44-50-79-83(54-58)99(80-42-21-19-40-77(80)97(79,2)78-41-20-22-43-81(78)99)96-101-91(88-86-67-31-10-9-26-62(67)49-51-84(86)104-93(88)102-96)65-30-23-29-64(55-65)61-47-45-60(46-48-61)59-24-5-3-6-25-59/h3-52,54-56,85H,53H2,1-2H3. The normalized spacial score (nSPS) is 17.9. The number of aromatic nitrogens is 4. The quantitative estimate of drug-likeness (QED) is 0.142. The SMILES string of the molecule is Cc1cc2c(cc1Cc1ccc3c(c1)C1(c4nc(-c5cccc(-c6ccc(-c7ccccc7)cc6)c5)c5c(n4)sc4ccc6ccccc6c45)c4ccccc4C3(C)c3ccccc31)C1(c3nc(-c4ccccc4)c4c(n3)sc3c5ccccc5c5ccccc5c34)c3ccccc3C2c2ccccc21. The van der Waals surface area contributed by atoms with Gasteiger partial charge in [-0.25, -0.2) is 19.9 Å². The summed E-state index contributed by atoms with van der Waals surface area (Å²) in [5, 5.41) is 11.9. The lowest BCUT2D eigenvalue weighted by molar-refractivity contribution is 0.516. The highest BCUT2D eigenvalue weighted by Gasteiger charge is 2.60. The van der Waals surface area contributed by atoms with Crippen molar-refractivity contribution >= 4 is 95.6 Å². The number of benzene rings is 15. The molecule has 6 aliphatic carbocycles. The minimum absolute atomic E-state index is 0.0253. The Morgan fingerprint density at radius 2 is 0.810 bits per heavy atom. The third-order valence-electron chi connectivity index (χ3n) is 24.3. The topological polar surface area (TPSA) is 51.6 Å². The van der Waals surface area contributed by atoms with Crippen LogP contribution in [0.4, 0.5) is 0 Å². The second-order valence-electron chi connectivity index (χ2n) is 29.4. The van der Waals surface area contributed by atoms with Gasteiger partial charge >= 0.3 is 0 Å². The zero-order valence-corrected chi connectivity index (χ0v) is 59.1. The van der Waals surface area contributed by atoms with Gasteiger partial charge in [0.2, 0.25) is 0 Å². The first-order valence-electron chi connectivity index (χ1n) is 36.5. The van der Waals surface area contributed by atoms with Crippen LogP contribution in [0.1, 0.15) is 108 Å². The van der Waals surface area contributed by atoms with Gasteiger partial charge in [0.05, 0.1) is 11.4 Å². The molecule has 4 nitrogen and oxygen atoms in total. The summed E-state index contributed by atoms with van der Waals surface area (Å²) < 4.78 is 2.43. The molecule has 15 aromatic carbocycles. The Kier molecular flexibility index (Phi) is 12.3. The molecule has 105 heavy (non-hydrogen) atoms. The van der Waals surface area contributed by atoms with Crippen molar-refractivity contribution in [1.82, 2.24) is 19.9 Å². The van der Waals surface area contributed by atoms with Crippen molar-refractivity contribution in [2.45, 2.75) is 42.4 Å². The van der Waals surface area contributed by atoms with Gasteiger partial charge in [-0.05, 0) is 165 Å². The predicted octanol–water partition coefficient (Wildman–Crippen LogP) is 24.6. The molecule has 19 aromatic rings. The molecule has 4 aromatic heterocycles. The van der Waals surface area contributed by atoms with E-state index in [0.717, 1.165) is 65.7 Å². The Balaban J connectivity index is 0.745. The maximum atomic E-state index is 6.24. The fourth-order valence-corrected chi connectivity index (χ4v) is 22.1. The molecule has 0 atom stereocenters. The molecule has 490 valence electrons. The lowest BCUT2D eigenvalue weighted by Gasteiger charge is -2.54. The predicted molar refractivity (Wildman–Crippen MR) is 435 cm³/mol. The maximum Gasteiger partial charge on any atom is 0.150 e. The molecule has 6 heteroatoms. The van der Waals surface area contributed by atoms with Gasteiger partial charge in [0.25, 0.3) is 0 Å². The third-order valence-corrected chi connectivity index (χ3v) is 26.5. The van der Waals surface area contributed by atoms with Gasteiger partial charge in [0.1, 0.15) is 32.1 Å². The molecular weight excluding hydrogens is 1310 g/mol. The minimum Gasteiger partial charge on any atom is -0.230 e. The summed E-state index contributed by atoms with van der Waals surface area (Å²) in [6.07, 6.45) is 0.686. The first-order valence-corrected chi connectivity index (χ1v) is 38.1. The number of hydrogen-bond donors (Lipinski definition) is 0. The highest BCUT2D eigenvalue weighted by atomic mass is 32.1. The molecule has 0 unspecified atom stereocenters. The number of thiophene rings is 2. The van der Waals surface area contributed by atoms with Crippen molar-refractivity contribution in [2.24, 2.45) is 0 Å². The van der Waals surface area contributed by atoms with Gasteiger partial charge in [0.15, 0.2) is 0 Å². The Hall–Kier alpha value is -12.3. The molecule has 0 saturated heterocycles. The van der Waals surface area contributed by atoms with Gasteiger partial charge in [0, 0.05) is 58.8 Å². The van der Waals surface area contributed by atoms with Crippen LogP contribution < -0.4 is 0 Å². The molecule has 0 radical (unpaired) electrons. The Bertz CT molecular complexity index is 6890. The summed E-state index contributed by atoms with van der Waals surface area (Å²) >= 11 is 3.60. The molecule has 0 saturated carbocycles. The summed E-state index contributed by atoms with van der Waals surface area (Å²) in [6.45, 7) is 4.80. The molecular formula is C99H62N4S2. The van der Waals surface area contributed by atoms with Crippen LogP contribution in [0.5, 0.6) is 0 Å². The van der Waals surface area contributed by atoms with E-state index in [1.54, 1.807) is 11.3 Å². The molecule has 0 fully saturated rings. The van der Waals surface area contributed by atoms with Crippen LogP contribution in [-0.2, 0) is 22.7 Å². The smallest absolute Gasteiger partial charge is 0.150 e. The number of aryl methyl sites for hydroxylation is 1. The second kappa shape index (κ2) is 21.9. The first kappa shape index (κ1) is 59.2. The Labute approximate surface area is 615 Å². The van der Waals surface area contributed by atoms with Crippen LogP contribution in [0.25, 0.3) is 118 Å². The molecule has 4 bridgehead atoms. The molecule has 0 aliphatic heterocycles. The van der Waals surface area contributed by atoms with Crippen LogP contribution in [-0.4, -0.2) is 19.9 Å². The van der Waals surface area contributed by atoms with E-state index >= 15 is 0 Å². The Morgan fingerprint density at radius 1 is 0.314 bits per heavy atom. The van der Waals surface area contributed by atoms with Gasteiger partial charge in [-0.3, -0.25) is 0 Å². The van der Waals surface area contributed by atoms with Crippen molar-refractivity contribution < 1.29 is 0 Å². The highest BCUT2D eigenvalue weighted by Crippen LogP contribution is 2.66. The average Bonchev–Trinajstić information content (AvgIpc) is 0.919. The van der Waals surface area contributed by atoms with Crippen molar-refractivity contribution in [3.8, 4) is 44.8 Å². The average molecular weight is 1370 g/mol. The van der Waals surface area contributed by atoms with E-state index < -0.39 is 16.2 Å². The van der Waals surface area contributed by atoms with E-state index in [-0.39, 0.29) is 5.92 Å². The van der Waals surface area contributed by atoms with Crippen molar-refractivity contribution in [2.75, 3.05) is 0 Å².